The van der Waals surface area contributed by atoms with Crippen LogP contribution >= 0.6 is 0 Å². The van der Waals surface area contributed by atoms with Gasteiger partial charge in [-0.05, 0) is 27.6 Å². The fourth-order valence-electron chi connectivity index (χ4n) is 0.532. The molecule has 8 heteroatoms. The maximum absolute atomic E-state index is 10.7. The Morgan fingerprint density at radius 2 is 1.47 bits per heavy atom. The van der Waals surface area contributed by atoms with Crippen molar-refractivity contribution in [3.05, 3.63) is 0 Å². The number of hydrogen-bond acceptors (Lipinski definition) is 5. The van der Waals surface area contributed by atoms with Crippen LogP contribution in [-0.4, -0.2) is 54.5 Å². The molecular weight excluding hydrogens is 272 g/mol. The van der Waals surface area contributed by atoms with Crippen LogP contribution in [0.15, 0.2) is 0 Å². The Kier molecular flexibility index (Phi) is 13.7. The average molecular weight is 300 g/mol. The third-order valence-electron chi connectivity index (χ3n) is 2.25. The van der Waals surface area contributed by atoms with Crippen LogP contribution in [-0.2, 0) is 14.9 Å². The second-order valence-electron chi connectivity index (χ2n) is 4.07. The Hall–Kier alpha value is -0.700. The van der Waals surface area contributed by atoms with Crippen molar-refractivity contribution in [2.75, 3.05) is 20.6 Å². The monoisotopic (exact) mass is 300 g/mol. The molecule has 1 unspecified atom stereocenters. The third kappa shape index (κ3) is 8.93. The fraction of sp³-hybridized carbons (Fsp3) is 0.909. The van der Waals surface area contributed by atoms with Gasteiger partial charge in [0.25, 0.3) is 10.1 Å². The molecule has 0 aromatic rings. The molecule has 0 aromatic carbocycles. The van der Waals surface area contributed by atoms with Crippen molar-refractivity contribution in [3.8, 4) is 0 Å². The molecule has 0 amide bonds. The summed E-state index contributed by atoms with van der Waals surface area (Å²) < 4.78 is 30.0. The van der Waals surface area contributed by atoms with E-state index in [0.29, 0.717) is 0 Å². The van der Waals surface area contributed by atoms with E-state index in [1.54, 1.807) is 0 Å². The first-order chi connectivity index (χ1) is 8.47. The molecule has 0 spiro atoms. The highest BCUT2D eigenvalue weighted by Gasteiger charge is 2.48. The first-order valence-electron chi connectivity index (χ1n) is 6.05. The van der Waals surface area contributed by atoms with Gasteiger partial charge in [-0.25, -0.2) is 4.79 Å². The maximum Gasteiger partial charge on any atom is 0.342 e. The lowest BCUT2D eigenvalue weighted by Crippen LogP contribution is -2.54. The third-order valence-corrected chi connectivity index (χ3v) is 3.80. The highest BCUT2D eigenvalue weighted by atomic mass is 32.2. The van der Waals surface area contributed by atoms with Gasteiger partial charge in [-0.2, -0.15) is 8.42 Å². The summed E-state index contributed by atoms with van der Waals surface area (Å²) in [6.45, 7) is 7.92. The van der Waals surface area contributed by atoms with Gasteiger partial charge in [0.05, 0.1) is 0 Å². The first kappa shape index (κ1) is 23.4. The van der Waals surface area contributed by atoms with E-state index in [9.17, 15) is 13.2 Å². The summed E-state index contributed by atoms with van der Waals surface area (Å²) in [5, 5.41) is 8.56. The lowest BCUT2D eigenvalue weighted by atomic mass is 10.3. The van der Waals surface area contributed by atoms with Gasteiger partial charge < -0.3 is 10.8 Å². The summed E-state index contributed by atoms with van der Waals surface area (Å²) in [6, 6.07) is 0. The molecule has 0 aliphatic carbocycles. The number of carbonyl (C=O) groups is 1. The van der Waals surface area contributed by atoms with Crippen LogP contribution in [0.1, 0.15) is 40.5 Å². The molecule has 0 aliphatic heterocycles. The number of unbranched alkanes of at least 4 members (excludes halogenated alkanes) is 1. The summed E-state index contributed by atoms with van der Waals surface area (Å²) in [5.74, 6) is -1.62. The van der Waals surface area contributed by atoms with E-state index < -0.39 is 21.0 Å². The van der Waals surface area contributed by atoms with Crippen molar-refractivity contribution >= 4 is 16.1 Å². The largest absolute Gasteiger partial charge is 0.479 e. The Morgan fingerprint density at radius 3 is 1.47 bits per heavy atom. The van der Waals surface area contributed by atoms with E-state index >= 15 is 0 Å². The minimum Gasteiger partial charge on any atom is -0.479 e. The predicted molar refractivity (Wildman–Crippen MR) is 76.6 cm³/mol. The highest BCUT2D eigenvalue weighted by molar-refractivity contribution is 7.88. The normalized spacial score (nSPS) is 13.5. The average Bonchev–Trinajstić information content (AvgIpc) is 2.27. The van der Waals surface area contributed by atoms with Crippen LogP contribution in [0.2, 0.25) is 0 Å². The molecule has 0 saturated carbocycles. The van der Waals surface area contributed by atoms with Crippen LogP contribution in [0, 0.1) is 0 Å². The Labute approximate surface area is 116 Å². The van der Waals surface area contributed by atoms with Crippen molar-refractivity contribution in [3.63, 3.8) is 0 Å². The minimum absolute atomic E-state index is 0.750. The maximum atomic E-state index is 10.7. The van der Waals surface area contributed by atoms with E-state index in [-0.39, 0.29) is 0 Å². The van der Waals surface area contributed by atoms with Crippen LogP contribution in [0.5, 0.6) is 0 Å². The zero-order chi connectivity index (χ0) is 16.3. The predicted octanol–water partition coefficient (Wildman–Crippen LogP) is 1.01. The van der Waals surface area contributed by atoms with E-state index in [4.69, 9.17) is 15.4 Å². The van der Waals surface area contributed by atoms with Gasteiger partial charge in [0, 0.05) is 0 Å². The van der Waals surface area contributed by atoms with Crippen LogP contribution in [0.25, 0.3) is 0 Å². The van der Waals surface area contributed by atoms with Crippen LogP contribution in [0.3, 0.4) is 0 Å². The van der Waals surface area contributed by atoms with Crippen molar-refractivity contribution < 1.29 is 22.9 Å². The molecule has 1 atom stereocenters. The SMILES string of the molecule is CCCC.CCN.CN(C)C(C)(C(=O)O)S(=O)(=O)O. The molecule has 0 rings (SSSR count). The molecule has 0 aliphatic rings. The lowest BCUT2D eigenvalue weighted by molar-refractivity contribution is -0.144. The number of likely N-dealkylation sites (N-methyl/N-ethyl adjacent to an activating group) is 1. The van der Waals surface area contributed by atoms with Gasteiger partial charge in [0.15, 0.2) is 0 Å². The van der Waals surface area contributed by atoms with E-state index in [2.05, 4.69) is 13.8 Å². The van der Waals surface area contributed by atoms with Crippen molar-refractivity contribution in [2.24, 2.45) is 5.73 Å². The molecule has 19 heavy (non-hydrogen) atoms. The zero-order valence-electron chi connectivity index (χ0n) is 12.7. The number of nitrogens with zero attached hydrogens (tertiary/aromatic N) is 1. The molecule has 0 bridgehead atoms. The summed E-state index contributed by atoms with van der Waals surface area (Å²) in [4.78, 5) is 9.15. The molecular formula is C11H28N2O5S. The van der Waals surface area contributed by atoms with Crippen molar-refractivity contribution in [2.45, 2.75) is 45.4 Å². The smallest absolute Gasteiger partial charge is 0.342 e. The first-order valence-corrected chi connectivity index (χ1v) is 7.49. The molecule has 0 fully saturated rings. The lowest BCUT2D eigenvalue weighted by Gasteiger charge is -2.28. The Morgan fingerprint density at radius 1 is 1.21 bits per heavy atom. The summed E-state index contributed by atoms with van der Waals surface area (Å²) in [6.07, 6.45) is 2.64. The second kappa shape index (κ2) is 11.2. The van der Waals surface area contributed by atoms with Gasteiger partial charge in [0.1, 0.15) is 0 Å². The summed E-state index contributed by atoms with van der Waals surface area (Å²) in [5.41, 5.74) is 4.85. The van der Waals surface area contributed by atoms with Gasteiger partial charge in [-0.3, -0.25) is 9.45 Å². The van der Waals surface area contributed by atoms with Gasteiger partial charge in [-0.1, -0.05) is 33.6 Å². The quantitative estimate of drug-likeness (QED) is 0.662. The van der Waals surface area contributed by atoms with Crippen molar-refractivity contribution in [1.82, 2.24) is 4.90 Å². The van der Waals surface area contributed by atoms with Gasteiger partial charge >= 0.3 is 5.97 Å². The topological polar surface area (TPSA) is 121 Å². The second-order valence-corrected chi connectivity index (χ2v) is 5.81. The number of rotatable bonds is 4. The molecule has 0 heterocycles. The molecule has 118 valence electrons. The highest BCUT2D eigenvalue weighted by Crippen LogP contribution is 2.18. The molecule has 0 radical (unpaired) electrons. The standard InChI is InChI=1S/C5H11NO5S.C4H10.C2H7N/c1-5(4(7)8,6(2)3)12(9,10)11;1-3-4-2;1-2-3/h1-3H3,(H,7,8)(H,9,10,11);3-4H2,1-2H3;2-3H2,1H3. The Balaban J connectivity index is -0.000000303. The summed E-state index contributed by atoms with van der Waals surface area (Å²) >= 11 is 0. The van der Waals surface area contributed by atoms with Gasteiger partial charge in [-0.15, -0.1) is 0 Å². The molecule has 7 nitrogen and oxygen atoms in total. The minimum atomic E-state index is -4.64. The van der Waals surface area contributed by atoms with Crippen LogP contribution < -0.4 is 5.73 Å². The molecule has 0 saturated heterocycles. The Bertz CT molecular complexity index is 328. The number of carboxylic acid groups (broad SMARTS) is 1. The molecule has 0 aromatic heterocycles. The number of hydrogen-bond donors (Lipinski definition) is 3. The number of carboxylic acids is 1. The van der Waals surface area contributed by atoms with E-state index in [0.717, 1.165) is 18.4 Å². The number of nitrogens with two attached hydrogens (primary N) is 1. The molecule has 4 N–H and O–H groups in total. The van der Waals surface area contributed by atoms with Crippen molar-refractivity contribution in [1.29, 1.82) is 0 Å². The fourth-order valence-corrected chi connectivity index (χ4v) is 1.21. The van der Waals surface area contributed by atoms with Gasteiger partial charge in [0.2, 0.25) is 4.87 Å². The summed E-state index contributed by atoms with van der Waals surface area (Å²) in [7, 11) is -2.13. The van der Waals surface area contributed by atoms with Crippen LogP contribution in [0.4, 0.5) is 0 Å². The van der Waals surface area contributed by atoms with E-state index in [1.165, 1.54) is 26.9 Å². The van der Waals surface area contributed by atoms with E-state index in [1.807, 2.05) is 6.92 Å². The zero-order valence-corrected chi connectivity index (χ0v) is 13.5. The number of aliphatic carboxylic acids is 1.